The van der Waals surface area contributed by atoms with Gasteiger partial charge in [0.2, 0.25) is 0 Å². The van der Waals surface area contributed by atoms with Gasteiger partial charge in [-0.25, -0.2) is 0 Å². The first-order chi connectivity index (χ1) is 11.3. The number of benzene rings is 2. The molecule has 1 aliphatic rings. The smallest absolute Gasteiger partial charge is 0.167 e. The van der Waals surface area contributed by atoms with E-state index in [1.165, 1.54) is 5.56 Å². The van der Waals surface area contributed by atoms with Crippen LogP contribution >= 0.6 is 0 Å². The molecule has 2 aromatic carbocycles. The average molecular weight is 309 g/mol. The third kappa shape index (κ3) is 3.99. The summed E-state index contributed by atoms with van der Waals surface area (Å²) >= 11 is 0. The molecule has 0 saturated carbocycles. The van der Waals surface area contributed by atoms with Gasteiger partial charge in [-0.3, -0.25) is 9.69 Å². The zero-order valence-electron chi connectivity index (χ0n) is 13.6. The number of hydrogen-bond donors (Lipinski definition) is 0. The summed E-state index contributed by atoms with van der Waals surface area (Å²) in [5.41, 5.74) is 2.07. The van der Waals surface area contributed by atoms with Crippen molar-refractivity contribution < 1.29 is 9.53 Å². The van der Waals surface area contributed by atoms with Crippen LogP contribution in [-0.2, 0) is 6.54 Å². The molecule has 120 valence electrons. The Bertz CT molecular complexity index is 654. The highest BCUT2D eigenvalue weighted by Gasteiger charge is 2.26. The molecule has 1 aliphatic heterocycles. The Morgan fingerprint density at radius 3 is 2.78 bits per heavy atom. The minimum absolute atomic E-state index is 0.0829. The van der Waals surface area contributed by atoms with E-state index in [1.54, 1.807) is 7.11 Å². The van der Waals surface area contributed by atoms with Crippen LogP contribution < -0.4 is 4.74 Å². The van der Waals surface area contributed by atoms with E-state index in [0.29, 0.717) is 0 Å². The van der Waals surface area contributed by atoms with Crippen molar-refractivity contribution >= 4 is 5.78 Å². The van der Waals surface area contributed by atoms with Gasteiger partial charge in [-0.05, 0) is 37.1 Å². The van der Waals surface area contributed by atoms with E-state index in [9.17, 15) is 4.79 Å². The predicted molar refractivity (Wildman–Crippen MR) is 91.8 cm³/mol. The lowest BCUT2D eigenvalue weighted by Crippen LogP contribution is -2.38. The zero-order valence-corrected chi connectivity index (χ0v) is 13.6. The SMILES string of the molecule is COc1cccc(C(=O)C2CCCN(Cc3ccccc3)C2)c1. The maximum absolute atomic E-state index is 12.8. The molecule has 1 fully saturated rings. The Morgan fingerprint density at radius 2 is 2.00 bits per heavy atom. The molecule has 0 amide bonds. The van der Waals surface area contributed by atoms with Gasteiger partial charge in [0.25, 0.3) is 0 Å². The number of rotatable bonds is 5. The summed E-state index contributed by atoms with van der Waals surface area (Å²) < 4.78 is 5.23. The van der Waals surface area contributed by atoms with E-state index >= 15 is 0 Å². The molecule has 0 aromatic heterocycles. The summed E-state index contributed by atoms with van der Waals surface area (Å²) in [7, 11) is 1.63. The molecule has 3 rings (SSSR count). The van der Waals surface area contributed by atoms with Crippen molar-refractivity contribution in [1.29, 1.82) is 0 Å². The summed E-state index contributed by atoms with van der Waals surface area (Å²) in [5, 5.41) is 0. The zero-order chi connectivity index (χ0) is 16.1. The first-order valence-electron chi connectivity index (χ1n) is 8.21. The minimum atomic E-state index is 0.0829. The molecule has 1 unspecified atom stereocenters. The Morgan fingerprint density at radius 1 is 1.17 bits per heavy atom. The second-order valence-electron chi connectivity index (χ2n) is 6.16. The van der Waals surface area contributed by atoms with Crippen molar-refractivity contribution in [3.8, 4) is 5.75 Å². The average Bonchev–Trinajstić information content (AvgIpc) is 2.62. The highest BCUT2D eigenvalue weighted by atomic mass is 16.5. The van der Waals surface area contributed by atoms with Gasteiger partial charge in [0.1, 0.15) is 5.75 Å². The van der Waals surface area contributed by atoms with E-state index in [-0.39, 0.29) is 11.7 Å². The molecule has 1 heterocycles. The number of methoxy groups -OCH3 is 1. The van der Waals surface area contributed by atoms with Crippen molar-refractivity contribution in [3.63, 3.8) is 0 Å². The molecule has 2 aromatic rings. The number of likely N-dealkylation sites (tertiary alicyclic amines) is 1. The molecular formula is C20H23NO2. The van der Waals surface area contributed by atoms with Gasteiger partial charge >= 0.3 is 0 Å². The van der Waals surface area contributed by atoms with Crippen LogP contribution in [0, 0.1) is 5.92 Å². The van der Waals surface area contributed by atoms with Gasteiger partial charge in [0.15, 0.2) is 5.78 Å². The molecule has 0 N–H and O–H groups in total. The second kappa shape index (κ2) is 7.42. The lowest BCUT2D eigenvalue weighted by atomic mass is 9.89. The number of carbonyl (C=O) groups excluding carboxylic acids is 1. The molecule has 1 atom stereocenters. The van der Waals surface area contributed by atoms with Crippen molar-refractivity contribution in [3.05, 3.63) is 65.7 Å². The molecule has 0 radical (unpaired) electrons. The van der Waals surface area contributed by atoms with Crippen LogP contribution in [0.1, 0.15) is 28.8 Å². The lowest BCUT2D eigenvalue weighted by molar-refractivity contribution is 0.0811. The van der Waals surface area contributed by atoms with Gasteiger partial charge < -0.3 is 4.74 Å². The number of hydrogen-bond acceptors (Lipinski definition) is 3. The standard InChI is InChI=1S/C20H23NO2/c1-23-19-11-5-9-17(13-19)20(22)18-10-6-12-21(15-18)14-16-7-3-2-4-8-16/h2-5,7-9,11,13,18H,6,10,12,14-15H2,1H3. The Labute approximate surface area is 137 Å². The predicted octanol–water partition coefficient (Wildman–Crippen LogP) is 3.79. The second-order valence-corrected chi connectivity index (χ2v) is 6.16. The number of Topliss-reactive ketones (excluding diaryl/α,β-unsaturated/α-hetero) is 1. The summed E-state index contributed by atoms with van der Waals surface area (Å²) in [6.07, 6.45) is 2.05. The van der Waals surface area contributed by atoms with Crippen LogP contribution in [0.3, 0.4) is 0 Å². The van der Waals surface area contributed by atoms with Crippen LogP contribution in [0.4, 0.5) is 0 Å². The normalized spacial score (nSPS) is 18.6. The number of nitrogens with zero attached hydrogens (tertiary/aromatic N) is 1. The fourth-order valence-corrected chi connectivity index (χ4v) is 3.27. The lowest BCUT2D eigenvalue weighted by Gasteiger charge is -2.32. The van der Waals surface area contributed by atoms with E-state index in [1.807, 2.05) is 30.3 Å². The molecule has 0 spiro atoms. The fourth-order valence-electron chi connectivity index (χ4n) is 3.27. The molecule has 0 bridgehead atoms. The molecule has 3 nitrogen and oxygen atoms in total. The number of carbonyl (C=O) groups is 1. The third-order valence-corrected chi connectivity index (χ3v) is 4.48. The monoisotopic (exact) mass is 309 g/mol. The Kier molecular flexibility index (Phi) is 5.09. The molecule has 23 heavy (non-hydrogen) atoms. The topological polar surface area (TPSA) is 29.5 Å². The summed E-state index contributed by atoms with van der Waals surface area (Å²) in [4.78, 5) is 15.2. The van der Waals surface area contributed by atoms with Gasteiger partial charge in [0.05, 0.1) is 7.11 Å². The van der Waals surface area contributed by atoms with Crippen molar-refractivity contribution in [1.82, 2.24) is 4.90 Å². The van der Waals surface area contributed by atoms with Crippen LogP contribution in [0.2, 0.25) is 0 Å². The van der Waals surface area contributed by atoms with Crippen LogP contribution in [0.25, 0.3) is 0 Å². The quantitative estimate of drug-likeness (QED) is 0.787. The van der Waals surface area contributed by atoms with E-state index in [4.69, 9.17) is 4.74 Å². The van der Waals surface area contributed by atoms with E-state index in [0.717, 1.165) is 43.8 Å². The minimum Gasteiger partial charge on any atom is -0.497 e. The van der Waals surface area contributed by atoms with Crippen molar-refractivity contribution in [2.45, 2.75) is 19.4 Å². The number of ether oxygens (including phenoxy) is 1. The summed E-state index contributed by atoms with van der Waals surface area (Å²) in [5.74, 6) is 1.06. The Balaban J connectivity index is 1.66. The summed E-state index contributed by atoms with van der Waals surface area (Å²) in [6, 6.07) is 18.0. The maximum atomic E-state index is 12.8. The van der Waals surface area contributed by atoms with Crippen LogP contribution in [0.15, 0.2) is 54.6 Å². The van der Waals surface area contributed by atoms with Crippen LogP contribution in [0.5, 0.6) is 5.75 Å². The Hall–Kier alpha value is -2.13. The first-order valence-corrected chi connectivity index (χ1v) is 8.21. The fraction of sp³-hybridized carbons (Fsp3) is 0.350. The van der Waals surface area contributed by atoms with E-state index in [2.05, 4.69) is 29.2 Å². The largest absolute Gasteiger partial charge is 0.497 e. The highest BCUT2D eigenvalue weighted by Crippen LogP contribution is 2.24. The third-order valence-electron chi connectivity index (χ3n) is 4.48. The first kappa shape index (κ1) is 15.8. The molecular weight excluding hydrogens is 286 g/mol. The van der Waals surface area contributed by atoms with Gasteiger partial charge in [-0.15, -0.1) is 0 Å². The summed E-state index contributed by atoms with van der Waals surface area (Å²) in [6.45, 7) is 2.82. The van der Waals surface area contributed by atoms with Gasteiger partial charge in [0, 0.05) is 24.6 Å². The van der Waals surface area contributed by atoms with Crippen molar-refractivity contribution in [2.75, 3.05) is 20.2 Å². The van der Waals surface area contributed by atoms with Gasteiger partial charge in [-0.2, -0.15) is 0 Å². The number of ketones is 1. The maximum Gasteiger partial charge on any atom is 0.167 e. The molecule has 0 aliphatic carbocycles. The molecule has 3 heteroatoms. The van der Waals surface area contributed by atoms with Gasteiger partial charge in [-0.1, -0.05) is 42.5 Å². The highest BCUT2D eigenvalue weighted by molar-refractivity contribution is 5.98. The van der Waals surface area contributed by atoms with E-state index < -0.39 is 0 Å². The van der Waals surface area contributed by atoms with Crippen molar-refractivity contribution in [2.24, 2.45) is 5.92 Å². The molecule has 1 saturated heterocycles. The number of piperidine rings is 1. The van der Waals surface area contributed by atoms with Crippen LogP contribution in [-0.4, -0.2) is 30.9 Å².